The van der Waals surface area contributed by atoms with Crippen molar-refractivity contribution >= 4 is 17.6 Å². The Morgan fingerprint density at radius 1 is 1.10 bits per heavy atom. The standard InChI is InChI=1S/C14H11F3N2OS/c15-10-1-2-13(12(17)6-10)21-7-8-3-9(14(18)19-20)5-11(16)4-8/h1-6,20H,7H2,(H2,18,19). The molecule has 3 nitrogen and oxygen atoms in total. The first-order chi connectivity index (χ1) is 9.99. The number of amidine groups is 1. The quantitative estimate of drug-likeness (QED) is 0.299. The summed E-state index contributed by atoms with van der Waals surface area (Å²) >= 11 is 1.09. The fraction of sp³-hybridized carbons (Fsp3) is 0.0714. The second-order valence-corrected chi connectivity index (χ2v) is 5.21. The van der Waals surface area contributed by atoms with Crippen molar-refractivity contribution in [3.8, 4) is 0 Å². The molecule has 3 N–H and O–H groups in total. The molecule has 0 atom stereocenters. The molecule has 0 spiro atoms. The first-order valence-corrected chi connectivity index (χ1v) is 6.83. The van der Waals surface area contributed by atoms with Gasteiger partial charge in [0.1, 0.15) is 17.5 Å². The molecule has 0 aliphatic carbocycles. The van der Waals surface area contributed by atoms with E-state index in [2.05, 4.69) is 5.16 Å². The van der Waals surface area contributed by atoms with Crippen LogP contribution in [0.25, 0.3) is 0 Å². The van der Waals surface area contributed by atoms with Crippen LogP contribution in [0.1, 0.15) is 11.1 Å². The van der Waals surface area contributed by atoms with Crippen molar-refractivity contribution in [3.63, 3.8) is 0 Å². The summed E-state index contributed by atoms with van der Waals surface area (Å²) in [6, 6.07) is 7.19. The van der Waals surface area contributed by atoms with E-state index in [1.54, 1.807) is 0 Å². The molecule has 2 rings (SSSR count). The second kappa shape index (κ2) is 6.53. The van der Waals surface area contributed by atoms with Crippen molar-refractivity contribution < 1.29 is 18.4 Å². The number of nitrogens with zero attached hydrogens (tertiary/aromatic N) is 1. The van der Waals surface area contributed by atoms with E-state index in [4.69, 9.17) is 10.9 Å². The smallest absolute Gasteiger partial charge is 0.170 e. The van der Waals surface area contributed by atoms with Gasteiger partial charge in [0.25, 0.3) is 0 Å². The van der Waals surface area contributed by atoms with Crippen LogP contribution in [0.5, 0.6) is 0 Å². The topological polar surface area (TPSA) is 58.6 Å². The first-order valence-electron chi connectivity index (χ1n) is 5.85. The van der Waals surface area contributed by atoms with Gasteiger partial charge in [-0.05, 0) is 35.9 Å². The predicted octanol–water partition coefficient (Wildman–Crippen LogP) is 3.49. The maximum atomic E-state index is 13.5. The third kappa shape index (κ3) is 3.91. The van der Waals surface area contributed by atoms with Gasteiger partial charge in [-0.15, -0.1) is 11.8 Å². The zero-order chi connectivity index (χ0) is 15.4. The molecule has 0 aromatic heterocycles. The Bertz CT molecular complexity index is 692. The van der Waals surface area contributed by atoms with Crippen LogP contribution in [0, 0.1) is 17.5 Å². The number of hydrogen-bond acceptors (Lipinski definition) is 3. The molecule has 0 fully saturated rings. The van der Waals surface area contributed by atoms with Crippen molar-refractivity contribution in [1.29, 1.82) is 0 Å². The normalized spacial score (nSPS) is 11.7. The van der Waals surface area contributed by atoms with Gasteiger partial charge in [0.2, 0.25) is 0 Å². The lowest BCUT2D eigenvalue weighted by Crippen LogP contribution is -2.13. The SMILES string of the molecule is N/C(=N/O)c1cc(F)cc(CSc2ccc(F)cc2F)c1. The summed E-state index contributed by atoms with van der Waals surface area (Å²) in [6.45, 7) is 0. The van der Waals surface area contributed by atoms with Crippen LogP contribution in [0.2, 0.25) is 0 Å². The molecule has 2 aromatic carbocycles. The van der Waals surface area contributed by atoms with Crippen molar-refractivity contribution in [2.45, 2.75) is 10.6 Å². The molecule has 0 aliphatic rings. The summed E-state index contributed by atoms with van der Waals surface area (Å²) in [6.07, 6.45) is 0. The Balaban J connectivity index is 2.18. The molecule has 0 bridgehead atoms. The molecule has 2 aromatic rings. The van der Waals surface area contributed by atoms with Gasteiger partial charge >= 0.3 is 0 Å². The minimum atomic E-state index is -0.673. The molecule has 0 amide bonds. The van der Waals surface area contributed by atoms with E-state index in [1.807, 2.05) is 0 Å². The van der Waals surface area contributed by atoms with Gasteiger partial charge in [0.15, 0.2) is 5.84 Å². The Kier molecular flexibility index (Phi) is 4.74. The maximum absolute atomic E-state index is 13.5. The summed E-state index contributed by atoms with van der Waals surface area (Å²) in [7, 11) is 0. The van der Waals surface area contributed by atoms with Gasteiger partial charge in [0, 0.05) is 22.3 Å². The number of hydrogen-bond donors (Lipinski definition) is 2. The first kappa shape index (κ1) is 15.2. The molecule has 0 saturated heterocycles. The Labute approximate surface area is 123 Å². The van der Waals surface area contributed by atoms with Gasteiger partial charge in [-0.3, -0.25) is 0 Å². The van der Waals surface area contributed by atoms with Crippen LogP contribution in [0.3, 0.4) is 0 Å². The Morgan fingerprint density at radius 2 is 1.86 bits per heavy atom. The van der Waals surface area contributed by atoms with Gasteiger partial charge < -0.3 is 10.9 Å². The van der Waals surface area contributed by atoms with Crippen LogP contribution in [0.4, 0.5) is 13.2 Å². The molecule has 0 aliphatic heterocycles. The summed E-state index contributed by atoms with van der Waals surface area (Å²) in [5.41, 5.74) is 6.17. The van der Waals surface area contributed by atoms with Gasteiger partial charge in [-0.25, -0.2) is 13.2 Å². The highest BCUT2D eigenvalue weighted by Gasteiger charge is 2.08. The van der Waals surface area contributed by atoms with E-state index in [1.165, 1.54) is 18.2 Å². The highest BCUT2D eigenvalue weighted by atomic mass is 32.2. The van der Waals surface area contributed by atoms with Crippen molar-refractivity contribution in [2.75, 3.05) is 0 Å². The molecule has 0 radical (unpaired) electrons. The maximum Gasteiger partial charge on any atom is 0.170 e. The second-order valence-electron chi connectivity index (χ2n) is 4.20. The van der Waals surface area contributed by atoms with Crippen LogP contribution in [0.15, 0.2) is 46.4 Å². The highest BCUT2D eigenvalue weighted by molar-refractivity contribution is 7.98. The zero-order valence-electron chi connectivity index (χ0n) is 10.7. The molecular formula is C14H11F3N2OS. The fourth-order valence-corrected chi connectivity index (χ4v) is 2.54. The van der Waals surface area contributed by atoms with Crippen LogP contribution in [-0.2, 0) is 5.75 Å². The molecule has 0 unspecified atom stereocenters. The number of benzene rings is 2. The largest absolute Gasteiger partial charge is 0.409 e. The lowest BCUT2D eigenvalue weighted by Gasteiger charge is -2.06. The minimum Gasteiger partial charge on any atom is -0.409 e. The molecule has 21 heavy (non-hydrogen) atoms. The number of rotatable bonds is 4. The Hall–Kier alpha value is -2.15. The molecule has 0 heterocycles. The van der Waals surface area contributed by atoms with Gasteiger partial charge in [-0.2, -0.15) is 0 Å². The molecular weight excluding hydrogens is 301 g/mol. The molecule has 110 valence electrons. The average Bonchev–Trinajstić information content (AvgIpc) is 2.45. The van der Waals surface area contributed by atoms with Crippen LogP contribution < -0.4 is 5.73 Å². The highest BCUT2D eigenvalue weighted by Crippen LogP contribution is 2.26. The lowest BCUT2D eigenvalue weighted by atomic mass is 10.1. The summed E-state index contributed by atoms with van der Waals surface area (Å²) < 4.78 is 39.7. The summed E-state index contributed by atoms with van der Waals surface area (Å²) in [5, 5.41) is 11.4. The molecule has 0 saturated carbocycles. The van der Waals surface area contributed by atoms with Crippen molar-refractivity contribution in [3.05, 3.63) is 65.0 Å². The fourth-order valence-electron chi connectivity index (χ4n) is 1.69. The van der Waals surface area contributed by atoms with Crippen molar-refractivity contribution in [1.82, 2.24) is 0 Å². The number of nitrogens with two attached hydrogens (primary N) is 1. The number of halogens is 3. The monoisotopic (exact) mass is 312 g/mol. The zero-order valence-corrected chi connectivity index (χ0v) is 11.5. The molecule has 7 heteroatoms. The van der Waals surface area contributed by atoms with E-state index in [0.29, 0.717) is 5.56 Å². The van der Waals surface area contributed by atoms with E-state index >= 15 is 0 Å². The van der Waals surface area contributed by atoms with E-state index in [9.17, 15) is 13.2 Å². The average molecular weight is 312 g/mol. The number of oxime groups is 1. The van der Waals surface area contributed by atoms with Crippen LogP contribution >= 0.6 is 11.8 Å². The van der Waals surface area contributed by atoms with Gasteiger partial charge in [0.05, 0.1) is 0 Å². The third-order valence-electron chi connectivity index (χ3n) is 2.65. The lowest BCUT2D eigenvalue weighted by molar-refractivity contribution is 0.318. The van der Waals surface area contributed by atoms with Gasteiger partial charge in [-0.1, -0.05) is 5.16 Å². The van der Waals surface area contributed by atoms with E-state index in [0.717, 1.165) is 30.0 Å². The summed E-state index contributed by atoms with van der Waals surface area (Å²) in [5.74, 6) is -1.83. The minimum absolute atomic E-state index is 0.214. The van der Waals surface area contributed by atoms with E-state index in [-0.39, 0.29) is 22.0 Å². The third-order valence-corrected chi connectivity index (χ3v) is 3.77. The predicted molar refractivity (Wildman–Crippen MR) is 74.8 cm³/mol. The van der Waals surface area contributed by atoms with E-state index < -0.39 is 17.5 Å². The number of thioether (sulfide) groups is 1. The van der Waals surface area contributed by atoms with Crippen LogP contribution in [-0.4, -0.2) is 11.0 Å². The Morgan fingerprint density at radius 3 is 2.52 bits per heavy atom. The summed E-state index contributed by atoms with van der Waals surface area (Å²) in [4.78, 5) is 0.256. The van der Waals surface area contributed by atoms with Crippen molar-refractivity contribution in [2.24, 2.45) is 10.9 Å².